The second-order valence-electron chi connectivity index (χ2n) is 4.39. The molecule has 1 aliphatic carbocycles. The van der Waals surface area contributed by atoms with E-state index in [4.69, 9.17) is 0 Å². The Bertz CT molecular complexity index is 236. The molecule has 0 aliphatic heterocycles. The molecule has 0 heterocycles. The quantitative estimate of drug-likeness (QED) is 0.712. The summed E-state index contributed by atoms with van der Waals surface area (Å²) in [6.07, 6.45) is 7.38. The van der Waals surface area contributed by atoms with Crippen molar-refractivity contribution >= 4 is 11.6 Å². The van der Waals surface area contributed by atoms with Gasteiger partial charge in [0.15, 0.2) is 0 Å². The normalized spacial score (nSPS) is 24.1. The van der Waals surface area contributed by atoms with Gasteiger partial charge < -0.3 is 0 Å². The number of rotatable bonds is 4. The Kier molecular flexibility index (Phi) is 5.37. The molecule has 1 N–H and O–H groups in total. The standard InChI is InChI=1S/C12H22N2O/c1-3-4-9-12(15)14-13-11-8-6-5-7-10(11)2/h10H,3-9H2,1-2H3,(H,14,15)/b13-11+. The van der Waals surface area contributed by atoms with Gasteiger partial charge in [0.1, 0.15) is 0 Å². The van der Waals surface area contributed by atoms with E-state index in [1.54, 1.807) is 0 Å². The zero-order valence-electron chi connectivity index (χ0n) is 9.88. The molecule has 1 unspecified atom stereocenters. The van der Waals surface area contributed by atoms with Crippen molar-refractivity contribution in [2.24, 2.45) is 11.0 Å². The predicted molar refractivity (Wildman–Crippen MR) is 62.7 cm³/mol. The molecule has 1 amide bonds. The first-order valence-electron chi connectivity index (χ1n) is 6.09. The van der Waals surface area contributed by atoms with Crippen molar-refractivity contribution in [1.29, 1.82) is 0 Å². The molecule has 3 heteroatoms. The first-order valence-corrected chi connectivity index (χ1v) is 6.09. The van der Waals surface area contributed by atoms with E-state index < -0.39 is 0 Å². The molecule has 1 saturated carbocycles. The highest BCUT2D eigenvalue weighted by Crippen LogP contribution is 2.20. The number of nitrogens with zero attached hydrogens (tertiary/aromatic N) is 1. The van der Waals surface area contributed by atoms with Crippen molar-refractivity contribution < 1.29 is 4.79 Å². The van der Waals surface area contributed by atoms with Gasteiger partial charge in [-0.25, -0.2) is 5.43 Å². The van der Waals surface area contributed by atoms with E-state index in [0.717, 1.165) is 19.3 Å². The topological polar surface area (TPSA) is 41.5 Å². The minimum atomic E-state index is 0.0575. The van der Waals surface area contributed by atoms with Crippen LogP contribution in [0.5, 0.6) is 0 Å². The second kappa shape index (κ2) is 6.59. The number of carbonyl (C=O) groups is 1. The fourth-order valence-electron chi connectivity index (χ4n) is 1.86. The van der Waals surface area contributed by atoms with Crippen LogP contribution in [-0.4, -0.2) is 11.6 Å². The first kappa shape index (κ1) is 12.2. The van der Waals surface area contributed by atoms with Crippen molar-refractivity contribution in [3.63, 3.8) is 0 Å². The molecule has 3 nitrogen and oxygen atoms in total. The molecule has 0 radical (unpaired) electrons. The Hall–Kier alpha value is -0.860. The van der Waals surface area contributed by atoms with E-state index in [9.17, 15) is 4.79 Å². The minimum Gasteiger partial charge on any atom is -0.273 e. The molecule has 0 aromatic carbocycles. The first-order chi connectivity index (χ1) is 7.24. The van der Waals surface area contributed by atoms with Gasteiger partial charge in [-0.3, -0.25) is 4.79 Å². The highest BCUT2D eigenvalue weighted by molar-refractivity contribution is 5.88. The molecule has 1 aliphatic rings. The number of unbranched alkanes of at least 4 members (excludes halogenated alkanes) is 1. The summed E-state index contributed by atoms with van der Waals surface area (Å²) in [7, 11) is 0. The average Bonchev–Trinajstić information content (AvgIpc) is 2.25. The molecule has 1 atom stereocenters. The van der Waals surface area contributed by atoms with Gasteiger partial charge in [0.2, 0.25) is 5.91 Å². The summed E-state index contributed by atoms with van der Waals surface area (Å²) in [5, 5.41) is 4.23. The number of amides is 1. The Morgan fingerprint density at radius 3 is 3.00 bits per heavy atom. The lowest BCUT2D eigenvalue weighted by molar-refractivity contribution is -0.121. The van der Waals surface area contributed by atoms with Crippen molar-refractivity contribution in [1.82, 2.24) is 5.43 Å². The Labute approximate surface area is 92.3 Å². The summed E-state index contributed by atoms with van der Waals surface area (Å²) in [5.74, 6) is 0.604. The van der Waals surface area contributed by atoms with Crippen LogP contribution in [0.15, 0.2) is 5.10 Å². The van der Waals surface area contributed by atoms with E-state index in [-0.39, 0.29) is 5.91 Å². The van der Waals surface area contributed by atoms with Crippen molar-refractivity contribution in [2.75, 3.05) is 0 Å². The molecule has 0 aromatic rings. The maximum atomic E-state index is 11.3. The minimum absolute atomic E-state index is 0.0575. The third kappa shape index (κ3) is 4.45. The van der Waals surface area contributed by atoms with E-state index in [1.165, 1.54) is 25.0 Å². The fourth-order valence-corrected chi connectivity index (χ4v) is 1.86. The summed E-state index contributed by atoms with van der Waals surface area (Å²) >= 11 is 0. The third-order valence-corrected chi connectivity index (χ3v) is 2.97. The molecule has 0 spiro atoms. The lowest BCUT2D eigenvalue weighted by Gasteiger charge is -2.19. The second-order valence-corrected chi connectivity index (χ2v) is 4.39. The summed E-state index contributed by atoms with van der Waals surface area (Å²) in [5.41, 5.74) is 3.84. The summed E-state index contributed by atoms with van der Waals surface area (Å²) in [4.78, 5) is 11.3. The van der Waals surface area contributed by atoms with Crippen molar-refractivity contribution in [3.05, 3.63) is 0 Å². The number of hydrogen-bond donors (Lipinski definition) is 1. The Morgan fingerprint density at radius 2 is 2.33 bits per heavy atom. The molecular weight excluding hydrogens is 188 g/mol. The SMILES string of the molecule is CCCCC(=O)N/N=C1\CCCCC1C. The van der Waals surface area contributed by atoms with Crippen LogP contribution in [0.2, 0.25) is 0 Å². The molecule has 86 valence electrons. The molecular formula is C12H22N2O. The highest BCUT2D eigenvalue weighted by Gasteiger charge is 2.15. The summed E-state index contributed by atoms with van der Waals surface area (Å²) in [6.45, 7) is 4.28. The average molecular weight is 210 g/mol. The van der Waals surface area contributed by atoms with Crippen LogP contribution in [-0.2, 0) is 4.79 Å². The fraction of sp³-hybridized carbons (Fsp3) is 0.833. The monoisotopic (exact) mass is 210 g/mol. The van der Waals surface area contributed by atoms with Crippen LogP contribution < -0.4 is 5.43 Å². The van der Waals surface area contributed by atoms with E-state index >= 15 is 0 Å². The Morgan fingerprint density at radius 1 is 1.53 bits per heavy atom. The van der Waals surface area contributed by atoms with Crippen molar-refractivity contribution in [3.8, 4) is 0 Å². The zero-order valence-corrected chi connectivity index (χ0v) is 9.88. The molecule has 0 aromatic heterocycles. The van der Waals surface area contributed by atoms with Gasteiger partial charge >= 0.3 is 0 Å². The summed E-state index contributed by atoms with van der Waals surface area (Å²) in [6, 6.07) is 0. The van der Waals surface area contributed by atoms with Gasteiger partial charge in [-0.05, 0) is 31.6 Å². The highest BCUT2D eigenvalue weighted by atomic mass is 16.2. The van der Waals surface area contributed by atoms with Crippen LogP contribution in [0, 0.1) is 5.92 Å². The molecule has 1 rings (SSSR count). The lowest BCUT2D eigenvalue weighted by Crippen LogP contribution is -2.24. The molecule has 0 bridgehead atoms. The number of hydrazone groups is 1. The van der Waals surface area contributed by atoms with Crippen LogP contribution >= 0.6 is 0 Å². The Balaban J connectivity index is 2.31. The van der Waals surface area contributed by atoms with E-state index in [0.29, 0.717) is 12.3 Å². The number of hydrogen-bond acceptors (Lipinski definition) is 2. The molecule has 1 fully saturated rings. The van der Waals surface area contributed by atoms with Crippen LogP contribution in [0.4, 0.5) is 0 Å². The van der Waals surface area contributed by atoms with Crippen LogP contribution in [0.3, 0.4) is 0 Å². The van der Waals surface area contributed by atoms with Gasteiger partial charge in [-0.2, -0.15) is 5.10 Å². The largest absolute Gasteiger partial charge is 0.273 e. The number of carbonyl (C=O) groups excluding carboxylic acids is 1. The smallest absolute Gasteiger partial charge is 0.240 e. The van der Waals surface area contributed by atoms with Crippen LogP contribution in [0.25, 0.3) is 0 Å². The van der Waals surface area contributed by atoms with Gasteiger partial charge in [0.05, 0.1) is 0 Å². The van der Waals surface area contributed by atoms with Crippen LogP contribution in [0.1, 0.15) is 58.8 Å². The summed E-state index contributed by atoms with van der Waals surface area (Å²) < 4.78 is 0. The third-order valence-electron chi connectivity index (χ3n) is 2.97. The molecule has 0 saturated heterocycles. The van der Waals surface area contributed by atoms with Gasteiger partial charge in [0.25, 0.3) is 0 Å². The van der Waals surface area contributed by atoms with Gasteiger partial charge in [-0.15, -0.1) is 0 Å². The molecule has 15 heavy (non-hydrogen) atoms. The van der Waals surface area contributed by atoms with Crippen molar-refractivity contribution in [2.45, 2.75) is 58.8 Å². The predicted octanol–water partition coefficient (Wildman–Crippen LogP) is 2.86. The maximum Gasteiger partial charge on any atom is 0.240 e. The zero-order chi connectivity index (χ0) is 11.1. The van der Waals surface area contributed by atoms with Gasteiger partial charge in [-0.1, -0.05) is 26.7 Å². The van der Waals surface area contributed by atoms with E-state index in [2.05, 4.69) is 24.4 Å². The van der Waals surface area contributed by atoms with E-state index in [1.807, 2.05) is 0 Å². The maximum absolute atomic E-state index is 11.3. The lowest BCUT2D eigenvalue weighted by atomic mass is 9.89. The van der Waals surface area contributed by atoms with Gasteiger partial charge in [0, 0.05) is 12.1 Å². The number of nitrogens with one attached hydrogen (secondary N) is 1.